The van der Waals surface area contributed by atoms with Crippen molar-refractivity contribution in [2.24, 2.45) is 0 Å². The molecule has 0 fully saturated rings. The molecule has 0 aromatic heterocycles. The molecule has 0 aliphatic heterocycles. The molecule has 1 atom stereocenters. The molecular formula is C16H13Cl2NO. The Hall–Kier alpha value is -1.69. The third kappa shape index (κ3) is 3.45. The third-order valence-electron chi connectivity index (χ3n) is 3.05. The summed E-state index contributed by atoms with van der Waals surface area (Å²) in [4.78, 5) is 0. The van der Waals surface area contributed by atoms with E-state index in [1.54, 1.807) is 25.3 Å². The van der Waals surface area contributed by atoms with Crippen LogP contribution in [0.2, 0.25) is 10.0 Å². The molecule has 0 aliphatic carbocycles. The van der Waals surface area contributed by atoms with Gasteiger partial charge in [-0.2, -0.15) is 5.26 Å². The minimum absolute atomic E-state index is 0.331. The number of halogens is 2. The summed E-state index contributed by atoms with van der Waals surface area (Å²) in [5.74, 6) is 0.338. The number of nitrogens with zero attached hydrogens (tertiary/aromatic N) is 1. The van der Waals surface area contributed by atoms with Gasteiger partial charge >= 0.3 is 0 Å². The zero-order valence-corrected chi connectivity index (χ0v) is 12.4. The van der Waals surface area contributed by atoms with E-state index in [1.807, 2.05) is 24.3 Å². The monoisotopic (exact) mass is 305 g/mol. The SMILES string of the molecule is COc1ccc(Cl)cc1C(C#N)Cc1cccc(Cl)c1. The van der Waals surface area contributed by atoms with Crippen LogP contribution < -0.4 is 4.74 Å². The molecule has 0 bridgehead atoms. The fourth-order valence-electron chi connectivity index (χ4n) is 2.10. The Bertz CT molecular complexity index is 649. The van der Waals surface area contributed by atoms with Gasteiger partial charge in [-0.25, -0.2) is 0 Å². The summed E-state index contributed by atoms with van der Waals surface area (Å²) in [6.45, 7) is 0. The topological polar surface area (TPSA) is 33.0 Å². The van der Waals surface area contributed by atoms with Crippen molar-refractivity contribution in [3.05, 3.63) is 63.6 Å². The van der Waals surface area contributed by atoms with Gasteiger partial charge in [0.25, 0.3) is 0 Å². The summed E-state index contributed by atoms with van der Waals surface area (Å²) in [6.07, 6.45) is 0.563. The van der Waals surface area contributed by atoms with Gasteiger partial charge in [0.2, 0.25) is 0 Å². The van der Waals surface area contributed by atoms with Crippen molar-refractivity contribution in [1.29, 1.82) is 5.26 Å². The molecule has 2 nitrogen and oxygen atoms in total. The number of ether oxygens (including phenoxy) is 1. The Labute approximate surface area is 128 Å². The Balaban J connectivity index is 2.34. The molecule has 0 N–H and O–H groups in total. The normalized spacial score (nSPS) is 11.7. The van der Waals surface area contributed by atoms with E-state index < -0.39 is 0 Å². The second kappa shape index (κ2) is 6.65. The first kappa shape index (κ1) is 14.7. The molecule has 2 aromatic rings. The largest absolute Gasteiger partial charge is 0.496 e. The molecule has 0 aliphatic rings. The van der Waals surface area contributed by atoms with Crippen LogP contribution in [0.5, 0.6) is 5.75 Å². The maximum Gasteiger partial charge on any atom is 0.123 e. The summed E-state index contributed by atoms with van der Waals surface area (Å²) in [5.41, 5.74) is 1.80. The van der Waals surface area contributed by atoms with Crippen molar-refractivity contribution < 1.29 is 4.74 Å². The number of methoxy groups -OCH3 is 1. The van der Waals surface area contributed by atoms with Crippen molar-refractivity contribution in [3.63, 3.8) is 0 Å². The molecule has 4 heteroatoms. The average molecular weight is 306 g/mol. The molecule has 20 heavy (non-hydrogen) atoms. The number of hydrogen-bond acceptors (Lipinski definition) is 2. The standard InChI is InChI=1S/C16H13Cl2NO/c1-20-16-6-5-14(18)9-15(16)12(10-19)7-11-3-2-4-13(17)8-11/h2-6,8-9,12H,7H2,1H3. The number of rotatable bonds is 4. The van der Waals surface area contributed by atoms with Crippen LogP contribution in [0.3, 0.4) is 0 Å². The first-order valence-corrected chi connectivity index (χ1v) is 6.87. The Morgan fingerprint density at radius 3 is 2.55 bits per heavy atom. The smallest absolute Gasteiger partial charge is 0.123 e. The van der Waals surface area contributed by atoms with Gasteiger partial charge in [-0.15, -0.1) is 0 Å². The molecule has 0 spiro atoms. The third-order valence-corrected chi connectivity index (χ3v) is 3.52. The quantitative estimate of drug-likeness (QED) is 0.808. The van der Waals surface area contributed by atoms with Gasteiger partial charge in [0, 0.05) is 15.6 Å². The van der Waals surface area contributed by atoms with Crippen LogP contribution in [0, 0.1) is 11.3 Å². The number of nitriles is 1. The average Bonchev–Trinajstić information content (AvgIpc) is 2.45. The Kier molecular flexibility index (Phi) is 4.89. The predicted molar refractivity (Wildman–Crippen MR) is 81.5 cm³/mol. The maximum absolute atomic E-state index is 9.44. The van der Waals surface area contributed by atoms with Gasteiger partial charge < -0.3 is 4.74 Å². The van der Waals surface area contributed by atoms with E-state index in [-0.39, 0.29) is 5.92 Å². The minimum Gasteiger partial charge on any atom is -0.496 e. The second-order valence-corrected chi connectivity index (χ2v) is 5.27. The van der Waals surface area contributed by atoms with Crippen LogP contribution in [-0.2, 0) is 6.42 Å². The van der Waals surface area contributed by atoms with Crippen LogP contribution in [-0.4, -0.2) is 7.11 Å². The van der Waals surface area contributed by atoms with Crippen LogP contribution in [0.15, 0.2) is 42.5 Å². The molecule has 1 unspecified atom stereocenters. The second-order valence-electron chi connectivity index (χ2n) is 4.40. The molecular weight excluding hydrogens is 293 g/mol. The van der Waals surface area contributed by atoms with Crippen molar-refractivity contribution in [2.75, 3.05) is 7.11 Å². The summed E-state index contributed by atoms with van der Waals surface area (Å²) in [6, 6.07) is 15.1. The molecule has 0 amide bonds. The van der Waals surface area contributed by atoms with E-state index in [1.165, 1.54) is 0 Å². The molecule has 0 saturated heterocycles. The Morgan fingerprint density at radius 1 is 1.15 bits per heavy atom. The van der Waals surface area contributed by atoms with Crippen molar-refractivity contribution in [3.8, 4) is 11.8 Å². The van der Waals surface area contributed by atoms with Crippen LogP contribution in [0.4, 0.5) is 0 Å². The van der Waals surface area contributed by atoms with Crippen LogP contribution in [0.25, 0.3) is 0 Å². The fraction of sp³-hybridized carbons (Fsp3) is 0.188. The van der Waals surface area contributed by atoms with E-state index in [0.717, 1.165) is 11.1 Å². The summed E-state index contributed by atoms with van der Waals surface area (Å²) >= 11 is 12.0. The highest BCUT2D eigenvalue weighted by Crippen LogP contribution is 2.31. The van der Waals surface area contributed by atoms with E-state index >= 15 is 0 Å². The van der Waals surface area contributed by atoms with Crippen LogP contribution >= 0.6 is 23.2 Å². The van der Waals surface area contributed by atoms with E-state index in [2.05, 4.69) is 6.07 Å². The summed E-state index contributed by atoms with van der Waals surface area (Å²) < 4.78 is 5.31. The maximum atomic E-state index is 9.44. The summed E-state index contributed by atoms with van der Waals surface area (Å²) in [5, 5.41) is 10.7. The first-order valence-electron chi connectivity index (χ1n) is 6.11. The van der Waals surface area contributed by atoms with Gasteiger partial charge in [-0.1, -0.05) is 35.3 Å². The van der Waals surface area contributed by atoms with Gasteiger partial charge in [-0.05, 0) is 42.3 Å². The molecule has 2 aromatic carbocycles. The first-order chi connectivity index (χ1) is 9.63. The van der Waals surface area contributed by atoms with Crippen molar-refractivity contribution in [1.82, 2.24) is 0 Å². The lowest BCUT2D eigenvalue weighted by molar-refractivity contribution is 0.408. The zero-order chi connectivity index (χ0) is 14.5. The van der Waals surface area contributed by atoms with Gasteiger partial charge in [0.15, 0.2) is 0 Å². The van der Waals surface area contributed by atoms with Gasteiger partial charge in [-0.3, -0.25) is 0 Å². The van der Waals surface area contributed by atoms with Crippen molar-refractivity contribution >= 4 is 23.2 Å². The highest BCUT2D eigenvalue weighted by atomic mass is 35.5. The summed E-state index contributed by atoms with van der Waals surface area (Å²) in [7, 11) is 1.58. The molecule has 0 heterocycles. The molecule has 102 valence electrons. The van der Waals surface area contributed by atoms with Crippen molar-refractivity contribution in [2.45, 2.75) is 12.3 Å². The zero-order valence-electron chi connectivity index (χ0n) is 10.9. The fourth-order valence-corrected chi connectivity index (χ4v) is 2.50. The van der Waals surface area contributed by atoms with E-state index in [9.17, 15) is 5.26 Å². The number of hydrogen-bond donors (Lipinski definition) is 0. The molecule has 0 radical (unpaired) electrons. The molecule has 2 rings (SSSR count). The molecule has 0 saturated carbocycles. The highest BCUT2D eigenvalue weighted by molar-refractivity contribution is 6.31. The van der Waals surface area contributed by atoms with Crippen LogP contribution in [0.1, 0.15) is 17.0 Å². The predicted octanol–water partition coefficient (Wildman–Crippen LogP) is 4.85. The van der Waals surface area contributed by atoms with E-state index in [4.69, 9.17) is 27.9 Å². The minimum atomic E-state index is -0.331. The lowest BCUT2D eigenvalue weighted by atomic mass is 9.92. The van der Waals surface area contributed by atoms with E-state index in [0.29, 0.717) is 22.2 Å². The lowest BCUT2D eigenvalue weighted by Gasteiger charge is -2.14. The lowest BCUT2D eigenvalue weighted by Crippen LogP contribution is -2.03. The number of benzene rings is 2. The highest BCUT2D eigenvalue weighted by Gasteiger charge is 2.17. The van der Waals surface area contributed by atoms with Gasteiger partial charge in [0.1, 0.15) is 5.75 Å². The van der Waals surface area contributed by atoms with Gasteiger partial charge in [0.05, 0.1) is 19.1 Å². The Morgan fingerprint density at radius 2 is 1.90 bits per heavy atom.